The van der Waals surface area contributed by atoms with Crippen LogP contribution in [-0.2, 0) is 14.4 Å². The lowest BCUT2D eigenvalue weighted by atomic mass is 9.99. The van der Waals surface area contributed by atoms with E-state index in [1.54, 1.807) is 19.1 Å². The van der Waals surface area contributed by atoms with Gasteiger partial charge in [0, 0.05) is 17.5 Å². The molecule has 0 unspecified atom stereocenters. The summed E-state index contributed by atoms with van der Waals surface area (Å²) in [5.41, 5.74) is 1.39. The van der Waals surface area contributed by atoms with E-state index >= 15 is 0 Å². The van der Waals surface area contributed by atoms with Crippen molar-refractivity contribution in [3.63, 3.8) is 0 Å². The number of carbonyl (C=O) groups excluding carboxylic acids is 2. The van der Waals surface area contributed by atoms with E-state index < -0.39 is 29.5 Å². The standard InChI is InChI=1S/C25H26N2O7/c1-3-15(2)24(25(31)32)27-21(28)13-26-22(29)14-33-17-9-10-18-19(16-7-5-4-6-8-16)12-23(30)34-20(18)11-17/h4-12,15,24H,3,13-14H2,1-2H3,(H,26,29)(H,27,28)(H,31,32)/t15-,24+/m0/s1. The average Bonchev–Trinajstić information content (AvgIpc) is 2.83. The summed E-state index contributed by atoms with van der Waals surface area (Å²) in [5, 5.41) is 14.7. The third-order valence-electron chi connectivity index (χ3n) is 5.41. The van der Waals surface area contributed by atoms with Crippen LogP contribution in [0.1, 0.15) is 20.3 Å². The summed E-state index contributed by atoms with van der Waals surface area (Å²) in [4.78, 5) is 47.4. The quantitative estimate of drug-likeness (QED) is 0.391. The Kier molecular flexibility index (Phi) is 8.02. The van der Waals surface area contributed by atoms with Crippen LogP contribution in [0, 0.1) is 5.92 Å². The van der Waals surface area contributed by atoms with Gasteiger partial charge in [-0.3, -0.25) is 9.59 Å². The maximum atomic E-state index is 12.1. The third kappa shape index (κ3) is 6.22. The van der Waals surface area contributed by atoms with Gasteiger partial charge >= 0.3 is 11.6 Å². The number of hydrogen-bond donors (Lipinski definition) is 3. The fourth-order valence-electron chi connectivity index (χ4n) is 3.38. The minimum atomic E-state index is -1.13. The largest absolute Gasteiger partial charge is 0.484 e. The fourth-order valence-corrected chi connectivity index (χ4v) is 3.38. The van der Waals surface area contributed by atoms with Crippen LogP contribution in [0.15, 0.2) is 63.8 Å². The Morgan fingerprint density at radius 3 is 2.47 bits per heavy atom. The van der Waals surface area contributed by atoms with Crippen molar-refractivity contribution in [1.29, 1.82) is 0 Å². The molecule has 3 N–H and O–H groups in total. The van der Waals surface area contributed by atoms with Crippen LogP contribution in [0.3, 0.4) is 0 Å². The molecule has 0 spiro atoms. The molecule has 9 nitrogen and oxygen atoms in total. The smallest absolute Gasteiger partial charge is 0.336 e. The number of carboxylic acid groups (broad SMARTS) is 1. The molecule has 2 aromatic carbocycles. The number of carboxylic acids is 1. The van der Waals surface area contributed by atoms with E-state index in [1.807, 2.05) is 37.3 Å². The maximum absolute atomic E-state index is 12.1. The summed E-state index contributed by atoms with van der Waals surface area (Å²) < 4.78 is 10.8. The normalized spacial score (nSPS) is 12.5. The van der Waals surface area contributed by atoms with Gasteiger partial charge < -0.3 is 24.9 Å². The Morgan fingerprint density at radius 2 is 1.79 bits per heavy atom. The van der Waals surface area contributed by atoms with Gasteiger partial charge in [-0.15, -0.1) is 0 Å². The molecule has 0 radical (unpaired) electrons. The topological polar surface area (TPSA) is 135 Å². The number of aliphatic carboxylic acids is 1. The predicted octanol–water partition coefficient (Wildman–Crippen LogP) is 2.57. The number of rotatable bonds is 10. The van der Waals surface area contributed by atoms with Crippen LogP contribution < -0.4 is 21.0 Å². The van der Waals surface area contributed by atoms with E-state index in [1.165, 1.54) is 12.1 Å². The first-order valence-corrected chi connectivity index (χ1v) is 10.8. The molecule has 3 rings (SSSR count). The molecular formula is C25H26N2O7. The van der Waals surface area contributed by atoms with Gasteiger partial charge in [0.15, 0.2) is 6.61 Å². The van der Waals surface area contributed by atoms with Gasteiger partial charge in [-0.25, -0.2) is 9.59 Å². The highest BCUT2D eigenvalue weighted by Crippen LogP contribution is 2.29. The van der Waals surface area contributed by atoms with E-state index in [-0.39, 0.29) is 19.1 Å². The minimum absolute atomic E-state index is 0.254. The van der Waals surface area contributed by atoms with Crippen molar-refractivity contribution in [3.8, 4) is 16.9 Å². The van der Waals surface area contributed by atoms with Gasteiger partial charge in [0.25, 0.3) is 5.91 Å². The zero-order valence-corrected chi connectivity index (χ0v) is 18.9. The number of hydrogen-bond acceptors (Lipinski definition) is 6. The molecule has 0 saturated heterocycles. The molecule has 178 valence electrons. The number of nitrogens with one attached hydrogen (secondary N) is 2. The third-order valence-corrected chi connectivity index (χ3v) is 5.41. The van der Waals surface area contributed by atoms with Crippen molar-refractivity contribution in [1.82, 2.24) is 10.6 Å². The number of ether oxygens (including phenoxy) is 1. The van der Waals surface area contributed by atoms with E-state index in [0.717, 1.165) is 11.1 Å². The number of benzene rings is 2. The Hall–Kier alpha value is -4.14. The highest BCUT2D eigenvalue weighted by Gasteiger charge is 2.25. The van der Waals surface area contributed by atoms with E-state index in [4.69, 9.17) is 9.15 Å². The zero-order valence-electron chi connectivity index (χ0n) is 18.9. The lowest BCUT2D eigenvalue weighted by molar-refractivity contribution is -0.143. The van der Waals surface area contributed by atoms with E-state index in [9.17, 15) is 24.3 Å². The number of amides is 2. The van der Waals surface area contributed by atoms with Crippen molar-refractivity contribution < 1.29 is 28.6 Å². The Morgan fingerprint density at radius 1 is 1.06 bits per heavy atom. The fraction of sp³-hybridized carbons (Fsp3) is 0.280. The lowest BCUT2D eigenvalue weighted by Crippen LogP contribution is -2.48. The van der Waals surface area contributed by atoms with Crippen LogP contribution in [0.5, 0.6) is 5.75 Å². The Bertz CT molecular complexity index is 1240. The van der Waals surface area contributed by atoms with E-state index in [0.29, 0.717) is 23.1 Å². The van der Waals surface area contributed by atoms with Gasteiger partial charge in [0.1, 0.15) is 17.4 Å². The summed E-state index contributed by atoms with van der Waals surface area (Å²) in [5.74, 6) is -2.25. The van der Waals surface area contributed by atoms with Crippen molar-refractivity contribution >= 4 is 28.8 Å². The molecule has 9 heteroatoms. The summed E-state index contributed by atoms with van der Waals surface area (Å²) in [6, 6.07) is 14.7. The summed E-state index contributed by atoms with van der Waals surface area (Å²) in [6.45, 7) is 2.79. The molecule has 2 amide bonds. The molecule has 1 aromatic heterocycles. The van der Waals surface area contributed by atoms with Crippen LogP contribution in [0.4, 0.5) is 0 Å². The van der Waals surface area contributed by atoms with Gasteiger partial charge in [-0.2, -0.15) is 0 Å². The van der Waals surface area contributed by atoms with Gasteiger partial charge in [-0.05, 0) is 29.2 Å². The second kappa shape index (κ2) is 11.1. The molecule has 3 aromatic rings. The average molecular weight is 466 g/mol. The molecule has 0 aliphatic heterocycles. The second-order valence-electron chi connectivity index (χ2n) is 7.84. The number of fused-ring (bicyclic) bond motifs is 1. The Balaban J connectivity index is 1.60. The maximum Gasteiger partial charge on any atom is 0.336 e. The molecule has 1 heterocycles. The van der Waals surface area contributed by atoms with Crippen LogP contribution >= 0.6 is 0 Å². The minimum Gasteiger partial charge on any atom is -0.484 e. The monoisotopic (exact) mass is 466 g/mol. The van der Waals surface area contributed by atoms with Crippen molar-refractivity contribution in [3.05, 3.63) is 65.0 Å². The van der Waals surface area contributed by atoms with Crippen LogP contribution in [0.2, 0.25) is 0 Å². The van der Waals surface area contributed by atoms with Crippen LogP contribution in [0.25, 0.3) is 22.1 Å². The van der Waals surface area contributed by atoms with Crippen molar-refractivity contribution in [2.24, 2.45) is 5.92 Å². The molecule has 0 aliphatic rings. The van der Waals surface area contributed by atoms with Crippen molar-refractivity contribution in [2.75, 3.05) is 13.2 Å². The zero-order chi connectivity index (χ0) is 24.7. The first-order chi connectivity index (χ1) is 16.3. The van der Waals surface area contributed by atoms with Gasteiger partial charge in [0.05, 0.1) is 6.54 Å². The SMILES string of the molecule is CC[C@H](C)[C@@H](NC(=O)CNC(=O)COc1ccc2c(-c3ccccc3)cc(=O)oc2c1)C(=O)O. The summed E-state index contributed by atoms with van der Waals surface area (Å²) in [7, 11) is 0. The predicted molar refractivity (Wildman–Crippen MR) is 125 cm³/mol. The highest BCUT2D eigenvalue weighted by atomic mass is 16.5. The molecule has 2 atom stereocenters. The first-order valence-electron chi connectivity index (χ1n) is 10.8. The molecule has 34 heavy (non-hydrogen) atoms. The van der Waals surface area contributed by atoms with Gasteiger partial charge in [0.2, 0.25) is 5.91 Å². The summed E-state index contributed by atoms with van der Waals surface area (Å²) in [6.07, 6.45) is 0.580. The van der Waals surface area contributed by atoms with Crippen LogP contribution in [-0.4, -0.2) is 42.1 Å². The molecule has 0 bridgehead atoms. The Labute approximate surface area is 195 Å². The highest BCUT2D eigenvalue weighted by molar-refractivity contribution is 5.94. The first kappa shape index (κ1) is 24.5. The second-order valence-corrected chi connectivity index (χ2v) is 7.84. The molecule has 0 fully saturated rings. The molecule has 0 aliphatic carbocycles. The molecular weight excluding hydrogens is 440 g/mol. The lowest BCUT2D eigenvalue weighted by Gasteiger charge is -2.20. The summed E-state index contributed by atoms with van der Waals surface area (Å²) >= 11 is 0. The molecule has 0 saturated carbocycles. The number of carbonyl (C=O) groups is 3. The van der Waals surface area contributed by atoms with E-state index in [2.05, 4.69) is 10.6 Å². The van der Waals surface area contributed by atoms with Gasteiger partial charge in [-0.1, -0.05) is 50.6 Å². The van der Waals surface area contributed by atoms with Crippen molar-refractivity contribution in [2.45, 2.75) is 26.3 Å².